The summed E-state index contributed by atoms with van der Waals surface area (Å²) >= 11 is 0. The largest absolute Gasteiger partial charge is 0.497 e. The fraction of sp³-hybridized carbons (Fsp3) is 0.359. The fourth-order valence-corrected chi connectivity index (χ4v) is 4.32. The van der Waals surface area contributed by atoms with Crippen molar-refractivity contribution in [2.75, 3.05) is 20.3 Å². The van der Waals surface area contributed by atoms with Crippen molar-refractivity contribution in [3.63, 3.8) is 0 Å². The molecule has 0 aliphatic heterocycles. The molecule has 0 aromatic heterocycles. The van der Waals surface area contributed by atoms with Crippen LogP contribution in [0.2, 0.25) is 0 Å². The third-order valence-corrected chi connectivity index (χ3v) is 7.16. The number of unbranched alkanes of at least 4 members (excludes halogenated alkanes) is 1. The second-order valence-corrected chi connectivity index (χ2v) is 11.1. The van der Waals surface area contributed by atoms with Gasteiger partial charge in [0.05, 0.1) is 25.9 Å². The number of carbonyl (C=O) groups is 2. The zero-order valence-corrected chi connectivity index (χ0v) is 27.3. The lowest BCUT2D eigenvalue weighted by molar-refractivity contribution is -0.139. The molecule has 0 N–H and O–H groups in total. The fourth-order valence-electron chi connectivity index (χ4n) is 4.32. The molecule has 0 bridgehead atoms. The van der Waals surface area contributed by atoms with Crippen LogP contribution in [0.15, 0.2) is 84.9 Å². The molecule has 1 atom stereocenters. The molecule has 0 fully saturated rings. The quantitative estimate of drug-likeness (QED) is 0.126. The summed E-state index contributed by atoms with van der Waals surface area (Å²) in [6.07, 6.45) is 11.6. The Hall–Kier alpha value is -4.63. The molecule has 0 amide bonds. The van der Waals surface area contributed by atoms with Crippen LogP contribution in [0, 0.1) is 23.2 Å². The summed E-state index contributed by atoms with van der Waals surface area (Å²) in [6.45, 7) is 9.41. The van der Waals surface area contributed by atoms with Crippen LogP contribution in [0.5, 0.6) is 5.75 Å². The Morgan fingerprint density at radius 3 is 2.16 bits per heavy atom. The molecule has 6 heteroatoms. The van der Waals surface area contributed by atoms with Crippen LogP contribution >= 0.6 is 0 Å². The van der Waals surface area contributed by atoms with E-state index < -0.39 is 0 Å². The molecule has 0 aliphatic rings. The number of rotatable bonds is 15. The van der Waals surface area contributed by atoms with E-state index in [2.05, 4.69) is 33.8 Å². The average molecular weight is 610 g/mol. The van der Waals surface area contributed by atoms with E-state index in [4.69, 9.17) is 14.2 Å². The van der Waals surface area contributed by atoms with Gasteiger partial charge in [-0.25, -0.2) is 9.59 Å². The number of nitriles is 1. The lowest BCUT2D eigenvalue weighted by atomic mass is 9.96. The zero-order valence-electron chi connectivity index (χ0n) is 27.3. The number of ether oxygens (including phenoxy) is 3. The maximum Gasteiger partial charge on any atom is 0.330 e. The van der Waals surface area contributed by atoms with E-state index in [1.807, 2.05) is 72.8 Å². The molecule has 0 heterocycles. The first kappa shape index (κ1) is 36.6. The molecule has 0 spiro atoms. The van der Waals surface area contributed by atoms with Gasteiger partial charge in [-0.3, -0.25) is 0 Å². The molecular formula is C39H47NO5. The molecule has 6 nitrogen and oxygen atoms in total. The van der Waals surface area contributed by atoms with E-state index in [0.717, 1.165) is 54.5 Å². The second kappa shape index (κ2) is 21.1. The molecule has 3 aromatic carbocycles. The van der Waals surface area contributed by atoms with E-state index in [1.54, 1.807) is 19.3 Å². The monoisotopic (exact) mass is 609 g/mol. The van der Waals surface area contributed by atoms with Crippen molar-refractivity contribution in [3.05, 3.63) is 102 Å². The highest BCUT2D eigenvalue weighted by atomic mass is 16.5. The van der Waals surface area contributed by atoms with Gasteiger partial charge in [-0.15, -0.1) is 0 Å². The predicted molar refractivity (Wildman–Crippen MR) is 182 cm³/mol. The third kappa shape index (κ3) is 14.1. The van der Waals surface area contributed by atoms with Crippen molar-refractivity contribution in [3.8, 4) is 22.9 Å². The highest BCUT2D eigenvalue weighted by Gasteiger charge is 2.10. The zero-order chi connectivity index (χ0) is 32.9. The number of methoxy groups -OCH3 is 1. The van der Waals surface area contributed by atoms with E-state index in [0.29, 0.717) is 36.2 Å². The van der Waals surface area contributed by atoms with Gasteiger partial charge < -0.3 is 14.2 Å². The molecule has 3 rings (SSSR count). The van der Waals surface area contributed by atoms with Crippen LogP contribution in [-0.4, -0.2) is 32.3 Å². The van der Waals surface area contributed by atoms with Gasteiger partial charge in [0.1, 0.15) is 11.8 Å². The Balaban J connectivity index is 0.000000341. The number of benzene rings is 3. The normalized spacial score (nSPS) is 11.5. The summed E-state index contributed by atoms with van der Waals surface area (Å²) < 4.78 is 15.5. The van der Waals surface area contributed by atoms with Crippen molar-refractivity contribution in [1.82, 2.24) is 0 Å². The highest BCUT2D eigenvalue weighted by Crippen LogP contribution is 2.26. The van der Waals surface area contributed by atoms with Crippen molar-refractivity contribution in [1.29, 1.82) is 5.26 Å². The van der Waals surface area contributed by atoms with Crippen LogP contribution < -0.4 is 4.74 Å². The summed E-state index contributed by atoms with van der Waals surface area (Å²) in [7, 11) is 1.62. The number of esters is 2. The van der Waals surface area contributed by atoms with E-state index in [9.17, 15) is 14.9 Å². The second-order valence-electron chi connectivity index (χ2n) is 11.1. The summed E-state index contributed by atoms with van der Waals surface area (Å²) in [6, 6.07) is 25.2. The molecule has 0 aliphatic carbocycles. The summed E-state index contributed by atoms with van der Waals surface area (Å²) in [4.78, 5) is 23.5. The van der Waals surface area contributed by atoms with Gasteiger partial charge in [-0.1, -0.05) is 108 Å². The SMILES string of the molecule is CCCCC(CC)COC(=O)C=Cc1cccc(-c2ccccc2)c1C#N.COc1ccc(C=CC(=O)OCCC(C)C)cc1. The Morgan fingerprint density at radius 1 is 0.844 bits per heavy atom. The average Bonchev–Trinajstić information content (AvgIpc) is 3.07. The molecular weight excluding hydrogens is 562 g/mol. The smallest absolute Gasteiger partial charge is 0.330 e. The van der Waals surface area contributed by atoms with Crippen LogP contribution in [0.25, 0.3) is 23.3 Å². The molecule has 0 saturated carbocycles. The van der Waals surface area contributed by atoms with Crippen molar-refractivity contribution >= 4 is 24.1 Å². The van der Waals surface area contributed by atoms with Gasteiger partial charge in [0.25, 0.3) is 0 Å². The standard InChI is InChI=1S/C24H27NO2.C15H20O3/c1-3-5-10-19(4-2)18-27-24(26)16-15-21-13-9-14-22(23(21)17-25)20-11-7-6-8-12-20;1-12(2)10-11-18-15(16)9-6-13-4-7-14(17-3)8-5-13/h6-9,11-16,19H,3-5,10,18H2,1-2H3;4-9,12H,10-11H2,1-3H3. The number of nitrogens with zero attached hydrogens (tertiary/aromatic N) is 1. The topological polar surface area (TPSA) is 85.6 Å². The van der Waals surface area contributed by atoms with Crippen molar-refractivity contribution in [2.45, 2.75) is 59.8 Å². The van der Waals surface area contributed by atoms with Gasteiger partial charge in [0.15, 0.2) is 0 Å². The predicted octanol–water partition coefficient (Wildman–Crippen LogP) is 9.30. The molecule has 0 saturated heterocycles. The Kier molecular flexibility index (Phi) is 17.2. The van der Waals surface area contributed by atoms with Crippen LogP contribution in [0.3, 0.4) is 0 Å². The van der Waals surface area contributed by atoms with E-state index >= 15 is 0 Å². The minimum absolute atomic E-state index is 0.300. The molecule has 3 aromatic rings. The molecule has 238 valence electrons. The Bertz CT molecular complexity index is 1400. The summed E-state index contributed by atoms with van der Waals surface area (Å²) in [5.41, 5.74) is 4.06. The Morgan fingerprint density at radius 2 is 1.53 bits per heavy atom. The van der Waals surface area contributed by atoms with Crippen LogP contribution in [0.1, 0.15) is 76.5 Å². The lowest BCUT2D eigenvalue weighted by Gasteiger charge is -2.13. The van der Waals surface area contributed by atoms with Crippen LogP contribution in [0.4, 0.5) is 0 Å². The van der Waals surface area contributed by atoms with Crippen molar-refractivity contribution in [2.24, 2.45) is 11.8 Å². The number of carbonyl (C=O) groups excluding carboxylic acids is 2. The number of hydrogen-bond acceptors (Lipinski definition) is 6. The maximum absolute atomic E-state index is 12.1. The van der Waals surface area contributed by atoms with Gasteiger partial charge in [0, 0.05) is 17.7 Å². The number of hydrogen-bond donors (Lipinski definition) is 0. The van der Waals surface area contributed by atoms with E-state index in [-0.39, 0.29) is 11.9 Å². The van der Waals surface area contributed by atoms with Gasteiger partial charge in [0.2, 0.25) is 0 Å². The summed E-state index contributed by atoms with van der Waals surface area (Å²) in [5.74, 6) is 1.10. The minimum Gasteiger partial charge on any atom is -0.497 e. The first-order valence-corrected chi connectivity index (χ1v) is 15.7. The lowest BCUT2D eigenvalue weighted by Crippen LogP contribution is -2.12. The molecule has 45 heavy (non-hydrogen) atoms. The maximum atomic E-state index is 12.1. The van der Waals surface area contributed by atoms with Gasteiger partial charge >= 0.3 is 11.9 Å². The van der Waals surface area contributed by atoms with Crippen molar-refractivity contribution < 1.29 is 23.8 Å². The van der Waals surface area contributed by atoms with E-state index in [1.165, 1.54) is 12.2 Å². The third-order valence-electron chi connectivity index (χ3n) is 7.16. The highest BCUT2D eigenvalue weighted by molar-refractivity contribution is 5.89. The first-order chi connectivity index (χ1) is 21.8. The van der Waals surface area contributed by atoms with Crippen LogP contribution in [-0.2, 0) is 19.1 Å². The van der Waals surface area contributed by atoms with Gasteiger partial charge in [-0.2, -0.15) is 5.26 Å². The molecule has 0 radical (unpaired) electrons. The summed E-state index contributed by atoms with van der Waals surface area (Å²) in [5, 5.41) is 9.62. The minimum atomic E-state index is -0.362. The first-order valence-electron chi connectivity index (χ1n) is 15.7. The molecule has 1 unspecified atom stereocenters. The Labute approximate surface area is 269 Å². The van der Waals surface area contributed by atoms with Gasteiger partial charge in [-0.05, 0) is 65.7 Å².